The molecular weight excluding hydrogens is 270 g/mol. The molecule has 0 aromatic carbocycles. The van der Waals surface area contributed by atoms with Crippen LogP contribution >= 0.6 is 0 Å². The summed E-state index contributed by atoms with van der Waals surface area (Å²) in [5.74, 6) is -0.831. The minimum absolute atomic E-state index is 0.0742. The van der Waals surface area contributed by atoms with Crippen molar-refractivity contribution in [1.29, 1.82) is 0 Å². The molecule has 0 spiro atoms. The highest BCUT2D eigenvalue weighted by Crippen LogP contribution is 2.26. The number of aliphatic carboxylic acids is 1. The minimum Gasteiger partial charge on any atom is -0.480 e. The number of nitrogens with one attached hydrogen (secondary N) is 1. The zero-order chi connectivity index (χ0) is 15.4. The van der Waals surface area contributed by atoms with Gasteiger partial charge in [0.15, 0.2) is 0 Å². The van der Waals surface area contributed by atoms with Crippen molar-refractivity contribution in [3.63, 3.8) is 0 Å². The molecule has 21 heavy (non-hydrogen) atoms. The summed E-state index contributed by atoms with van der Waals surface area (Å²) in [6.07, 6.45) is 5.10. The predicted molar refractivity (Wildman–Crippen MR) is 80.2 cm³/mol. The van der Waals surface area contributed by atoms with Gasteiger partial charge in [0.2, 0.25) is 0 Å². The van der Waals surface area contributed by atoms with Crippen LogP contribution in [0.2, 0.25) is 0 Å². The van der Waals surface area contributed by atoms with Gasteiger partial charge in [-0.2, -0.15) is 0 Å². The summed E-state index contributed by atoms with van der Waals surface area (Å²) in [6.45, 7) is 4.22. The van der Waals surface area contributed by atoms with Crippen LogP contribution in [0, 0.1) is 5.92 Å². The summed E-state index contributed by atoms with van der Waals surface area (Å²) in [4.78, 5) is 27.8. The molecule has 0 bridgehead atoms. The summed E-state index contributed by atoms with van der Waals surface area (Å²) in [5.41, 5.74) is 0. The maximum Gasteiger partial charge on any atom is 0.326 e. The molecule has 1 aliphatic heterocycles. The van der Waals surface area contributed by atoms with Gasteiger partial charge in [0.1, 0.15) is 6.04 Å². The van der Waals surface area contributed by atoms with E-state index in [-0.39, 0.29) is 11.9 Å². The van der Waals surface area contributed by atoms with Crippen molar-refractivity contribution in [3.05, 3.63) is 0 Å². The predicted octanol–water partition coefficient (Wildman–Crippen LogP) is 1.37. The van der Waals surface area contributed by atoms with E-state index in [9.17, 15) is 14.7 Å². The first kappa shape index (κ1) is 16.1. The molecule has 0 aromatic heterocycles. The number of carbonyl (C=O) groups is 2. The molecular formula is C15H27N3O3. The van der Waals surface area contributed by atoms with E-state index in [1.54, 1.807) is 4.90 Å². The molecule has 6 nitrogen and oxygen atoms in total. The summed E-state index contributed by atoms with van der Waals surface area (Å²) in [5, 5.41) is 12.2. The van der Waals surface area contributed by atoms with E-state index in [0.29, 0.717) is 19.1 Å². The van der Waals surface area contributed by atoms with Gasteiger partial charge in [-0.05, 0) is 32.7 Å². The first-order valence-electron chi connectivity index (χ1n) is 7.97. The lowest BCUT2D eigenvalue weighted by Gasteiger charge is -2.38. The Kier molecular flexibility index (Phi) is 5.45. The SMILES string of the molecule is CC1CN(C(=O)NC(C(=O)O)C2CCCCC2)CCN1C. The number of carboxylic acids is 1. The van der Waals surface area contributed by atoms with Crippen LogP contribution in [0.3, 0.4) is 0 Å². The molecule has 2 unspecified atom stereocenters. The lowest BCUT2D eigenvalue weighted by Crippen LogP contribution is -2.57. The van der Waals surface area contributed by atoms with Crippen LogP contribution in [-0.4, -0.2) is 65.7 Å². The highest BCUT2D eigenvalue weighted by atomic mass is 16.4. The van der Waals surface area contributed by atoms with Gasteiger partial charge in [0.25, 0.3) is 0 Å². The van der Waals surface area contributed by atoms with E-state index in [2.05, 4.69) is 17.1 Å². The van der Waals surface area contributed by atoms with Crippen LogP contribution in [0.4, 0.5) is 4.79 Å². The van der Waals surface area contributed by atoms with E-state index in [4.69, 9.17) is 0 Å². The van der Waals surface area contributed by atoms with Gasteiger partial charge in [0.05, 0.1) is 0 Å². The monoisotopic (exact) mass is 297 g/mol. The average molecular weight is 297 g/mol. The number of nitrogens with zero attached hydrogens (tertiary/aromatic N) is 2. The van der Waals surface area contributed by atoms with Crippen molar-refractivity contribution in [2.24, 2.45) is 5.92 Å². The Balaban J connectivity index is 1.93. The Morgan fingerprint density at radius 1 is 1.19 bits per heavy atom. The maximum absolute atomic E-state index is 12.3. The molecule has 2 rings (SSSR count). The fourth-order valence-corrected chi connectivity index (χ4v) is 3.31. The lowest BCUT2D eigenvalue weighted by molar-refractivity contribution is -0.141. The number of likely N-dealkylation sites (N-methyl/N-ethyl adjacent to an activating group) is 1. The van der Waals surface area contributed by atoms with Crippen molar-refractivity contribution < 1.29 is 14.7 Å². The van der Waals surface area contributed by atoms with Crippen LogP contribution in [0.25, 0.3) is 0 Å². The molecule has 6 heteroatoms. The highest BCUT2D eigenvalue weighted by Gasteiger charge is 2.33. The van der Waals surface area contributed by atoms with Crippen molar-refractivity contribution >= 4 is 12.0 Å². The summed E-state index contributed by atoms with van der Waals surface area (Å²) in [6, 6.07) is -0.664. The number of carbonyl (C=O) groups excluding carboxylic acids is 1. The minimum atomic E-state index is -0.905. The second-order valence-corrected chi connectivity index (χ2v) is 6.44. The van der Waals surface area contributed by atoms with E-state index in [0.717, 1.165) is 32.2 Å². The number of hydrogen-bond acceptors (Lipinski definition) is 3. The van der Waals surface area contributed by atoms with Gasteiger partial charge in [0, 0.05) is 25.7 Å². The van der Waals surface area contributed by atoms with Crippen molar-refractivity contribution in [2.75, 3.05) is 26.7 Å². The number of urea groups is 1. The van der Waals surface area contributed by atoms with Gasteiger partial charge in [-0.3, -0.25) is 0 Å². The van der Waals surface area contributed by atoms with Crippen molar-refractivity contribution in [2.45, 2.75) is 51.1 Å². The third-order valence-corrected chi connectivity index (χ3v) is 4.91. The van der Waals surface area contributed by atoms with E-state index < -0.39 is 12.0 Å². The molecule has 1 heterocycles. The van der Waals surface area contributed by atoms with Crippen molar-refractivity contribution in [3.8, 4) is 0 Å². The quantitative estimate of drug-likeness (QED) is 0.825. The Morgan fingerprint density at radius 2 is 1.86 bits per heavy atom. The van der Waals surface area contributed by atoms with E-state index in [1.165, 1.54) is 6.42 Å². The Morgan fingerprint density at radius 3 is 2.43 bits per heavy atom. The Hall–Kier alpha value is -1.30. The standard InChI is InChI=1S/C15H27N3O3/c1-11-10-18(9-8-17(11)2)15(21)16-13(14(19)20)12-6-4-3-5-7-12/h11-13H,3-10H2,1-2H3,(H,16,21)(H,19,20). The first-order valence-corrected chi connectivity index (χ1v) is 7.97. The van der Waals surface area contributed by atoms with Crippen LogP contribution in [0.5, 0.6) is 0 Å². The van der Waals surface area contributed by atoms with E-state index in [1.807, 2.05) is 7.05 Å². The van der Waals surface area contributed by atoms with Gasteiger partial charge in [-0.25, -0.2) is 9.59 Å². The molecule has 2 N–H and O–H groups in total. The van der Waals surface area contributed by atoms with Crippen LogP contribution in [0.15, 0.2) is 0 Å². The fraction of sp³-hybridized carbons (Fsp3) is 0.867. The zero-order valence-electron chi connectivity index (χ0n) is 13.0. The van der Waals surface area contributed by atoms with Crippen LogP contribution in [0.1, 0.15) is 39.0 Å². The van der Waals surface area contributed by atoms with Gasteiger partial charge in [-0.15, -0.1) is 0 Å². The average Bonchev–Trinajstić information content (AvgIpc) is 2.48. The molecule has 1 saturated heterocycles. The lowest BCUT2D eigenvalue weighted by atomic mass is 9.84. The number of carboxylic acid groups (broad SMARTS) is 1. The first-order chi connectivity index (χ1) is 9.99. The Bertz CT molecular complexity index is 382. The number of hydrogen-bond donors (Lipinski definition) is 2. The smallest absolute Gasteiger partial charge is 0.326 e. The third-order valence-electron chi connectivity index (χ3n) is 4.91. The molecule has 0 radical (unpaired) electrons. The molecule has 2 aliphatic rings. The molecule has 2 fully saturated rings. The van der Waals surface area contributed by atoms with Crippen LogP contribution < -0.4 is 5.32 Å². The summed E-state index contributed by atoms with van der Waals surface area (Å²) >= 11 is 0. The second kappa shape index (κ2) is 7.11. The van der Waals surface area contributed by atoms with Crippen molar-refractivity contribution in [1.82, 2.24) is 15.1 Å². The molecule has 120 valence electrons. The summed E-state index contributed by atoms with van der Waals surface area (Å²) in [7, 11) is 2.04. The molecule has 2 amide bonds. The van der Waals surface area contributed by atoms with E-state index >= 15 is 0 Å². The normalized spacial score (nSPS) is 26.4. The number of piperazine rings is 1. The second-order valence-electron chi connectivity index (χ2n) is 6.44. The summed E-state index contributed by atoms with van der Waals surface area (Å²) < 4.78 is 0. The largest absolute Gasteiger partial charge is 0.480 e. The Labute approximate surface area is 126 Å². The van der Waals surface area contributed by atoms with Gasteiger partial charge in [-0.1, -0.05) is 19.3 Å². The molecule has 1 aliphatic carbocycles. The highest BCUT2D eigenvalue weighted by molar-refractivity contribution is 5.83. The fourth-order valence-electron chi connectivity index (χ4n) is 3.31. The number of rotatable bonds is 3. The molecule has 1 saturated carbocycles. The third kappa shape index (κ3) is 4.09. The van der Waals surface area contributed by atoms with Crippen LogP contribution in [-0.2, 0) is 4.79 Å². The number of amides is 2. The molecule has 0 aromatic rings. The van der Waals surface area contributed by atoms with Gasteiger partial charge >= 0.3 is 12.0 Å². The molecule has 2 atom stereocenters. The maximum atomic E-state index is 12.3. The topological polar surface area (TPSA) is 72.9 Å². The van der Waals surface area contributed by atoms with Gasteiger partial charge < -0.3 is 20.2 Å². The zero-order valence-corrected chi connectivity index (χ0v) is 13.0.